The molecule has 0 aliphatic heterocycles. The fourth-order valence-electron chi connectivity index (χ4n) is 0.899. The summed E-state index contributed by atoms with van der Waals surface area (Å²) < 4.78 is 0.690. The van der Waals surface area contributed by atoms with Gasteiger partial charge in [0, 0.05) is 25.4 Å². The van der Waals surface area contributed by atoms with Crippen molar-refractivity contribution in [2.75, 3.05) is 13.1 Å². The Kier molecular flexibility index (Phi) is 12.8. The van der Waals surface area contributed by atoms with E-state index in [4.69, 9.17) is 22.6 Å². The van der Waals surface area contributed by atoms with Crippen LogP contribution in [0.3, 0.4) is 0 Å². The van der Waals surface area contributed by atoms with Gasteiger partial charge in [-0.3, -0.25) is 4.79 Å². The molecule has 4 nitrogen and oxygen atoms in total. The van der Waals surface area contributed by atoms with Gasteiger partial charge in [0.2, 0.25) is 0 Å². The van der Waals surface area contributed by atoms with Crippen molar-refractivity contribution >= 4 is 35.1 Å². The predicted molar refractivity (Wildman–Crippen MR) is 76.2 cm³/mol. The van der Waals surface area contributed by atoms with Gasteiger partial charge in [-0.2, -0.15) is 5.26 Å². The monoisotopic (exact) mass is 276 g/mol. The number of carboxylic acid groups (broad SMARTS) is 1. The average molecular weight is 276 g/mol. The second-order valence-corrected chi connectivity index (χ2v) is 4.53. The van der Waals surface area contributed by atoms with Crippen LogP contribution in [0.25, 0.3) is 0 Å². The number of carboxylic acids is 1. The van der Waals surface area contributed by atoms with Crippen molar-refractivity contribution in [1.29, 1.82) is 5.26 Å². The SMILES string of the molecule is CC(C#N)CCC(=O)O.CCN(CC)C(=S)S. The number of rotatable bonds is 5. The molecule has 0 aromatic carbocycles. The molecule has 17 heavy (non-hydrogen) atoms. The van der Waals surface area contributed by atoms with E-state index in [1.54, 1.807) is 6.92 Å². The van der Waals surface area contributed by atoms with E-state index in [0.717, 1.165) is 13.1 Å². The summed E-state index contributed by atoms with van der Waals surface area (Å²) in [4.78, 5) is 11.9. The van der Waals surface area contributed by atoms with Gasteiger partial charge in [-0.15, -0.1) is 12.6 Å². The fraction of sp³-hybridized carbons (Fsp3) is 0.727. The standard InChI is InChI=1S/C6H9NO2.C5H11NS2/c1-5(4-7)2-3-6(8)9;1-3-6(4-2)5(7)8/h5H,2-3H2,1H3,(H,8,9);3-4H2,1-2H3,(H,7,8). The van der Waals surface area contributed by atoms with Crippen molar-refractivity contribution < 1.29 is 9.90 Å². The first-order valence-electron chi connectivity index (χ1n) is 5.48. The summed E-state index contributed by atoms with van der Waals surface area (Å²) in [6, 6.07) is 1.96. The number of hydrogen-bond acceptors (Lipinski definition) is 3. The number of carbonyl (C=O) groups is 1. The van der Waals surface area contributed by atoms with Crippen molar-refractivity contribution in [3.05, 3.63) is 0 Å². The summed E-state index contributed by atoms with van der Waals surface area (Å²) in [5.41, 5.74) is 0. The first-order chi connectivity index (χ1) is 7.88. The van der Waals surface area contributed by atoms with E-state index in [-0.39, 0.29) is 12.3 Å². The molecule has 1 N–H and O–H groups in total. The van der Waals surface area contributed by atoms with Crippen molar-refractivity contribution in [2.45, 2.75) is 33.6 Å². The smallest absolute Gasteiger partial charge is 0.303 e. The van der Waals surface area contributed by atoms with E-state index < -0.39 is 5.97 Å². The minimum absolute atomic E-state index is 0.0920. The maximum atomic E-state index is 9.91. The quantitative estimate of drug-likeness (QED) is 0.597. The topological polar surface area (TPSA) is 64.3 Å². The Hall–Kier alpha value is -0.800. The van der Waals surface area contributed by atoms with E-state index in [1.807, 2.05) is 11.0 Å². The highest BCUT2D eigenvalue weighted by Crippen LogP contribution is 2.02. The number of aliphatic carboxylic acids is 1. The van der Waals surface area contributed by atoms with Gasteiger partial charge in [0.25, 0.3) is 0 Å². The zero-order chi connectivity index (χ0) is 13.8. The lowest BCUT2D eigenvalue weighted by atomic mass is 10.1. The lowest BCUT2D eigenvalue weighted by Gasteiger charge is -2.16. The summed E-state index contributed by atoms with van der Waals surface area (Å²) in [7, 11) is 0. The molecule has 0 rings (SSSR count). The fourth-order valence-corrected chi connectivity index (χ4v) is 1.44. The Balaban J connectivity index is 0. The second-order valence-electron chi connectivity index (χ2n) is 3.42. The Morgan fingerprint density at radius 3 is 2.18 bits per heavy atom. The molecule has 0 bridgehead atoms. The van der Waals surface area contributed by atoms with Gasteiger partial charge < -0.3 is 10.0 Å². The van der Waals surface area contributed by atoms with Crippen LogP contribution >= 0.6 is 24.8 Å². The number of nitriles is 1. The Morgan fingerprint density at radius 1 is 1.53 bits per heavy atom. The molecular formula is C11H20N2O2S2. The number of hydrogen-bond donors (Lipinski definition) is 2. The summed E-state index contributed by atoms with van der Waals surface area (Å²) in [6.45, 7) is 7.75. The second kappa shape index (κ2) is 11.7. The molecule has 0 saturated carbocycles. The van der Waals surface area contributed by atoms with Crippen molar-refractivity contribution in [3.8, 4) is 6.07 Å². The lowest BCUT2D eigenvalue weighted by molar-refractivity contribution is -0.137. The van der Waals surface area contributed by atoms with E-state index in [9.17, 15) is 4.79 Å². The van der Waals surface area contributed by atoms with Gasteiger partial charge in [0.05, 0.1) is 6.07 Å². The zero-order valence-corrected chi connectivity index (χ0v) is 12.2. The van der Waals surface area contributed by atoms with Crippen LogP contribution in [0.4, 0.5) is 0 Å². The molecule has 0 saturated heterocycles. The molecule has 0 aromatic rings. The Labute approximate surface area is 114 Å². The highest BCUT2D eigenvalue weighted by molar-refractivity contribution is 8.10. The maximum absolute atomic E-state index is 9.91. The van der Waals surface area contributed by atoms with E-state index in [0.29, 0.717) is 10.7 Å². The van der Waals surface area contributed by atoms with Crippen LogP contribution in [0.15, 0.2) is 0 Å². The highest BCUT2D eigenvalue weighted by atomic mass is 32.1. The van der Waals surface area contributed by atoms with Gasteiger partial charge >= 0.3 is 5.97 Å². The molecule has 98 valence electrons. The molecule has 0 aliphatic carbocycles. The molecule has 0 radical (unpaired) electrons. The highest BCUT2D eigenvalue weighted by Gasteiger charge is 2.02. The molecule has 0 heterocycles. The van der Waals surface area contributed by atoms with E-state index in [2.05, 4.69) is 26.5 Å². The average Bonchev–Trinajstić information content (AvgIpc) is 2.27. The lowest BCUT2D eigenvalue weighted by Crippen LogP contribution is -2.24. The summed E-state index contributed by atoms with van der Waals surface area (Å²) in [5.74, 6) is -0.974. The van der Waals surface area contributed by atoms with Gasteiger partial charge in [-0.1, -0.05) is 12.2 Å². The third kappa shape index (κ3) is 13.1. The molecule has 0 aromatic heterocycles. The molecule has 6 heteroatoms. The molecule has 1 unspecified atom stereocenters. The molecule has 0 fully saturated rings. The summed E-state index contributed by atoms with van der Waals surface area (Å²) in [6.07, 6.45) is 0.542. The van der Waals surface area contributed by atoms with Gasteiger partial charge in [0.1, 0.15) is 4.32 Å². The minimum Gasteiger partial charge on any atom is -0.481 e. The summed E-state index contributed by atoms with van der Waals surface area (Å²) >= 11 is 8.82. The first kappa shape index (κ1) is 18.6. The molecule has 0 aliphatic rings. The van der Waals surface area contributed by atoms with E-state index in [1.165, 1.54) is 0 Å². The predicted octanol–water partition coefficient (Wildman–Crippen LogP) is 2.55. The molecule has 0 amide bonds. The van der Waals surface area contributed by atoms with Gasteiger partial charge in [-0.05, 0) is 27.2 Å². The van der Waals surface area contributed by atoms with Crippen molar-refractivity contribution in [1.82, 2.24) is 4.90 Å². The van der Waals surface area contributed by atoms with Crippen LogP contribution in [0.1, 0.15) is 33.6 Å². The Morgan fingerprint density at radius 2 is 2.00 bits per heavy atom. The molecule has 1 atom stereocenters. The van der Waals surface area contributed by atoms with Crippen LogP contribution in [-0.2, 0) is 4.79 Å². The first-order valence-corrected chi connectivity index (χ1v) is 6.33. The minimum atomic E-state index is -0.836. The number of thiol groups is 1. The van der Waals surface area contributed by atoms with Crippen LogP contribution in [-0.4, -0.2) is 33.4 Å². The zero-order valence-electron chi connectivity index (χ0n) is 10.5. The van der Waals surface area contributed by atoms with Crippen LogP contribution < -0.4 is 0 Å². The largest absolute Gasteiger partial charge is 0.481 e. The van der Waals surface area contributed by atoms with Gasteiger partial charge in [-0.25, -0.2) is 0 Å². The summed E-state index contributed by atoms with van der Waals surface area (Å²) in [5, 5.41) is 16.4. The van der Waals surface area contributed by atoms with Crippen molar-refractivity contribution in [2.24, 2.45) is 5.92 Å². The maximum Gasteiger partial charge on any atom is 0.303 e. The normalized spacial score (nSPS) is 10.5. The number of thiocarbonyl (C=S) groups is 1. The van der Waals surface area contributed by atoms with Crippen molar-refractivity contribution in [3.63, 3.8) is 0 Å². The Bertz CT molecular complexity index is 273. The molecule has 0 spiro atoms. The third-order valence-electron chi connectivity index (χ3n) is 2.05. The third-order valence-corrected chi connectivity index (χ3v) is 2.59. The van der Waals surface area contributed by atoms with Crippen LogP contribution in [0.5, 0.6) is 0 Å². The van der Waals surface area contributed by atoms with E-state index >= 15 is 0 Å². The number of nitrogens with zero attached hydrogens (tertiary/aromatic N) is 2. The van der Waals surface area contributed by atoms with Crippen LogP contribution in [0, 0.1) is 17.2 Å². The molecular weight excluding hydrogens is 256 g/mol. The van der Waals surface area contributed by atoms with Gasteiger partial charge in [0.15, 0.2) is 0 Å². The van der Waals surface area contributed by atoms with Crippen LogP contribution in [0.2, 0.25) is 0 Å².